The predicted molar refractivity (Wildman–Crippen MR) is 67.7 cm³/mol. The minimum absolute atomic E-state index is 0.00264. The highest BCUT2D eigenvalue weighted by molar-refractivity contribution is 5.86. The molecule has 1 atom stereocenters. The number of ether oxygens (including phenoxy) is 1. The molecule has 1 aliphatic heterocycles. The van der Waals surface area contributed by atoms with Gasteiger partial charge < -0.3 is 15.8 Å². The average Bonchev–Trinajstić information content (AvgIpc) is 2.39. The molecule has 4 nitrogen and oxygen atoms in total. The van der Waals surface area contributed by atoms with Gasteiger partial charge in [-0.2, -0.15) is 0 Å². The van der Waals surface area contributed by atoms with E-state index >= 15 is 0 Å². The van der Waals surface area contributed by atoms with Crippen LogP contribution in [0.4, 0.5) is 5.82 Å². The number of nitrogens with zero attached hydrogens (tertiary/aromatic N) is 1. The number of fused-ring (bicyclic) bond motifs is 1. The number of morpholine rings is 1. The molecule has 88 valence electrons. The van der Waals surface area contributed by atoms with Crippen molar-refractivity contribution in [3.8, 4) is 0 Å². The lowest BCUT2D eigenvalue weighted by Crippen LogP contribution is -2.33. The first kappa shape index (κ1) is 10.5. The summed E-state index contributed by atoms with van der Waals surface area (Å²) in [6, 6.07) is 10.0. The lowest BCUT2D eigenvalue weighted by molar-refractivity contribution is 0.0261. The molecular formula is C13H15N3O. The molecule has 0 saturated carbocycles. The third-order valence-corrected chi connectivity index (χ3v) is 3.02. The van der Waals surface area contributed by atoms with Gasteiger partial charge in [0.25, 0.3) is 0 Å². The fraction of sp³-hybridized carbons (Fsp3) is 0.308. The highest BCUT2D eigenvalue weighted by atomic mass is 16.5. The molecule has 1 saturated heterocycles. The van der Waals surface area contributed by atoms with Crippen molar-refractivity contribution in [1.29, 1.82) is 0 Å². The van der Waals surface area contributed by atoms with Crippen molar-refractivity contribution >= 4 is 16.6 Å². The van der Waals surface area contributed by atoms with Crippen LogP contribution in [-0.2, 0) is 4.74 Å². The summed E-state index contributed by atoms with van der Waals surface area (Å²) in [6.07, 6.45) is -0.00264. The van der Waals surface area contributed by atoms with E-state index in [2.05, 4.69) is 16.4 Å². The molecule has 1 fully saturated rings. The molecule has 2 aromatic rings. The molecule has 2 heterocycles. The third-order valence-electron chi connectivity index (χ3n) is 3.02. The molecule has 0 radical (unpaired) electrons. The molecule has 1 aromatic heterocycles. The van der Waals surface area contributed by atoms with Gasteiger partial charge in [0, 0.05) is 18.5 Å². The van der Waals surface area contributed by atoms with E-state index in [1.54, 1.807) is 0 Å². The topological polar surface area (TPSA) is 60.2 Å². The molecule has 3 N–H and O–H groups in total. The minimum atomic E-state index is -0.00264. The van der Waals surface area contributed by atoms with Crippen molar-refractivity contribution in [3.05, 3.63) is 36.0 Å². The summed E-state index contributed by atoms with van der Waals surface area (Å²) in [5.41, 5.74) is 6.78. The minimum Gasteiger partial charge on any atom is -0.384 e. The van der Waals surface area contributed by atoms with Crippen molar-refractivity contribution < 1.29 is 4.74 Å². The smallest absolute Gasteiger partial charge is 0.124 e. The molecule has 1 aromatic carbocycles. The first-order chi connectivity index (χ1) is 8.34. The van der Waals surface area contributed by atoms with Gasteiger partial charge >= 0.3 is 0 Å². The van der Waals surface area contributed by atoms with Crippen LogP contribution in [0, 0.1) is 0 Å². The Morgan fingerprint density at radius 1 is 1.35 bits per heavy atom. The van der Waals surface area contributed by atoms with Gasteiger partial charge in [0.1, 0.15) is 11.9 Å². The molecule has 0 bridgehead atoms. The number of pyridine rings is 1. The van der Waals surface area contributed by atoms with Gasteiger partial charge in [0.15, 0.2) is 0 Å². The van der Waals surface area contributed by atoms with E-state index < -0.39 is 0 Å². The summed E-state index contributed by atoms with van der Waals surface area (Å²) < 4.78 is 5.75. The van der Waals surface area contributed by atoms with Gasteiger partial charge in [-0.05, 0) is 11.5 Å². The van der Waals surface area contributed by atoms with Crippen LogP contribution in [0.5, 0.6) is 0 Å². The Morgan fingerprint density at radius 3 is 3.06 bits per heavy atom. The third kappa shape index (κ3) is 1.97. The zero-order chi connectivity index (χ0) is 11.7. The Balaban J connectivity index is 2.13. The number of hydrogen-bond acceptors (Lipinski definition) is 4. The molecule has 1 aliphatic rings. The second-order valence-electron chi connectivity index (χ2n) is 4.22. The molecule has 3 rings (SSSR count). The lowest BCUT2D eigenvalue weighted by Gasteiger charge is -2.24. The number of nitrogens with two attached hydrogens (primary N) is 1. The van der Waals surface area contributed by atoms with Gasteiger partial charge in [0.2, 0.25) is 0 Å². The van der Waals surface area contributed by atoms with E-state index in [1.807, 2.05) is 24.3 Å². The van der Waals surface area contributed by atoms with E-state index in [4.69, 9.17) is 10.5 Å². The molecule has 17 heavy (non-hydrogen) atoms. The Kier molecular flexibility index (Phi) is 2.66. The number of benzene rings is 1. The summed E-state index contributed by atoms with van der Waals surface area (Å²) in [5.74, 6) is 0.549. The Labute approximate surface area is 99.8 Å². The fourth-order valence-electron chi connectivity index (χ4n) is 2.23. The summed E-state index contributed by atoms with van der Waals surface area (Å²) in [7, 11) is 0. The zero-order valence-corrected chi connectivity index (χ0v) is 9.52. The van der Waals surface area contributed by atoms with Crippen LogP contribution >= 0.6 is 0 Å². The molecule has 1 unspecified atom stereocenters. The van der Waals surface area contributed by atoms with Crippen molar-refractivity contribution in [2.75, 3.05) is 25.4 Å². The predicted octanol–water partition coefficient (Wildman–Crippen LogP) is 1.48. The van der Waals surface area contributed by atoms with Gasteiger partial charge in [-0.3, -0.25) is 0 Å². The number of nitrogens with one attached hydrogen (secondary N) is 1. The van der Waals surface area contributed by atoms with Crippen LogP contribution in [0.15, 0.2) is 30.3 Å². The number of aromatic nitrogens is 1. The maximum absolute atomic E-state index is 5.84. The van der Waals surface area contributed by atoms with Crippen molar-refractivity contribution in [2.45, 2.75) is 6.10 Å². The van der Waals surface area contributed by atoms with E-state index in [1.165, 1.54) is 0 Å². The van der Waals surface area contributed by atoms with Crippen LogP contribution < -0.4 is 11.1 Å². The van der Waals surface area contributed by atoms with E-state index in [0.29, 0.717) is 5.82 Å². The first-order valence-corrected chi connectivity index (χ1v) is 5.82. The Bertz CT molecular complexity index is 535. The highest BCUT2D eigenvalue weighted by Crippen LogP contribution is 2.27. The van der Waals surface area contributed by atoms with Crippen molar-refractivity contribution in [1.82, 2.24) is 10.3 Å². The maximum atomic E-state index is 5.84. The van der Waals surface area contributed by atoms with Gasteiger partial charge in [-0.25, -0.2) is 4.98 Å². The number of hydrogen-bond donors (Lipinski definition) is 2. The molecule has 0 amide bonds. The molecular weight excluding hydrogens is 214 g/mol. The van der Waals surface area contributed by atoms with E-state index in [0.717, 1.165) is 36.2 Å². The average molecular weight is 229 g/mol. The molecule has 0 aliphatic carbocycles. The number of anilines is 1. The van der Waals surface area contributed by atoms with Crippen LogP contribution in [0.3, 0.4) is 0 Å². The zero-order valence-electron chi connectivity index (χ0n) is 9.52. The highest BCUT2D eigenvalue weighted by Gasteiger charge is 2.19. The van der Waals surface area contributed by atoms with Gasteiger partial charge in [-0.15, -0.1) is 0 Å². The van der Waals surface area contributed by atoms with Crippen LogP contribution in [0.2, 0.25) is 0 Å². The summed E-state index contributed by atoms with van der Waals surface area (Å²) in [4.78, 5) is 4.44. The summed E-state index contributed by atoms with van der Waals surface area (Å²) >= 11 is 0. The standard InChI is InChI=1S/C13H15N3O/c14-12-7-9-3-1-2-4-10(9)13(16-12)11-8-15-5-6-17-11/h1-4,7,11,15H,5-6,8H2,(H2,14,16). The van der Waals surface area contributed by atoms with Gasteiger partial charge in [0.05, 0.1) is 12.3 Å². The van der Waals surface area contributed by atoms with Gasteiger partial charge in [-0.1, -0.05) is 24.3 Å². The van der Waals surface area contributed by atoms with E-state index in [-0.39, 0.29) is 6.10 Å². The van der Waals surface area contributed by atoms with Crippen molar-refractivity contribution in [2.24, 2.45) is 0 Å². The quantitative estimate of drug-likeness (QED) is 0.777. The first-order valence-electron chi connectivity index (χ1n) is 5.82. The normalized spacial score (nSPS) is 20.6. The van der Waals surface area contributed by atoms with Crippen LogP contribution in [0.25, 0.3) is 10.8 Å². The monoisotopic (exact) mass is 229 g/mol. The molecule has 4 heteroatoms. The number of rotatable bonds is 1. The van der Waals surface area contributed by atoms with Crippen molar-refractivity contribution in [3.63, 3.8) is 0 Å². The van der Waals surface area contributed by atoms with Crippen LogP contribution in [-0.4, -0.2) is 24.7 Å². The van der Waals surface area contributed by atoms with Crippen LogP contribution in [0.1, 0.15) is 11.8 Å². The Morgan fingerprint density at radius 2 is 2.24 bits per heavy atom. The summed E-state index contributed by atoms with van der Waals surface area (Å²) in [5, 5.41) is 5.55. The second kappa shape index (κ2) is 4.31. The SMILES string of the molecule is Nc1cc2ccccc2c(C2CNCCO2)n1. The number of nitrogen functional groups attached to an aromatic ring is 1. The lowest BCUT2D eigenvalue weighted by atomic mass is 10.1. The Hall–Kier alpha value is -1.65. The fourth-order valence-corrected chi connectivity index (χ4v) is 2.23. The largest absolute Gasteiger partial charge is 0.384 e. The maximum Gasteiger partial charge on any atom is 0.124 e. The second-order valence-corrected chi connectivity index (χ2v) is 4.22. The summed E-state index contributed by atoms with van der Waals surface area (Å²) in [6.45, 7) is 2.41. The van der Waals surface area contributed by atoms with E-state index in [9.17, 15) is 0 Å². The molecule has 0 spiro atoms.